The van der Waals surface area contributed by atoms with E-state index in [1.807, 2.05) is 25.1 Å². The van der Waals surface area contributed by atoms with Gasteiger partial charge in [0.05, 0.1) is 5.52 Å². The summed E-state index contributed by atoms with van der Waals surface area (Å²) in [4.78, 5) is 21.7. The summed E-state index contributed by atoms with van der Waals surface area (Å²) in [7, 11) is 0. The Morgan fingerprint density at radius 2 is 2.20 bits per heavy atom. The van der Waals surface area contributed by atoms with Gasteiger partial charge in [-0.3, -0.25) is 4.98 Å². The summed E-state index contributed by atoms with van der Waals surface area (Å²) < 4.78 is 0. The molecule has 1 unspecified atom stereocenters. The molecule has 1 aromatic heterocycles. The number of likely N-dealkylation sites (N-methyl/N-ethyl adjacent to an activating group) is 1. The van der Waals surface area contributed by atoms with Gasteiger partial charge in [0.15, 0.2) is 0 Å². The molecule has 2 heterocycles. The van der Waals surface area contributed by atoms with Gasteiger partial charge in [0.25, 0.3) is 0 Å². The van der Waals surface area contributed by atoms with Crippen LogP contribution in [0.2, 0.25) is 5.02 Å². The quantitative estimate of drug-likeness (QED) is 0.923. The molecule has 2 amide bonds. The fourth-order valence-corrected chi connectivity index (χ4v) is 2.75. The van der Waals surface area contributed by atoms with Crippen molar-refractivity contribution in [3.63, 3.8) is 0 Å². The van der Waals surface area contributed by atoms with Gasteiger partial charge in [0.2, 0.25) is 0 Å². The Hall–Kier alpha value is -2.14. The number of hydrogen-bond donors (Lipinski definition) is 1. The summed E-state index contributed by atoms with van der Waals surface area (Å²) in [5.41, 5.74) is 7.52. The van der Waals surface area contributed by atoms with Crippen molar-refractivity contribution in [2.24, 2.45) is 10.7 Å². The van der Waals surface area contributed by atoms with Crippen LogP contribution in [0, 0.1) is 0 Å². The molecular formula is C14H13ClN4O. The first-order valence-electron chi connectivity index (χ1n) is 6.31. The molecular weight excluding hydrogens is 276 g/mol. The predicted molar refractivity (Wildman–Crippen MR) is 78.9 cm³/mol. The maximum atomic E-state index is 11.8. The lowest BCUT2D eigenvalue weighted by Gasteiger charge is -2.23. The Morgan fingerprint density at radius 3 is 2.95 bits per heavy atom. The topological polar surface area (TPSA) is 71.6 Å². The van der Waals surface area contributed by atoms with Crippen molar-refractivity contribution < 1.29 is 4.79 Å². The van der Waals surface area contributed by atoms with E-state index < -0.39 is 0 Å². The van der Waals surface area contributed by atoms with E-state index in [2.05, 4.69) is 9.98 Å². The normalized spacial score (nSPS) is 18.7. The number of amidine groups is 1. The molecule has 2 aromatic rings. The third-order valence-corrected chi connectivity index (χ3v) is 3.77. The number of halogens is 1. The maximum absolute atomic E-state index is 11.8. The Labute approximate surface area is 121 Å². The number of carbonyl (C=O) groups is 1. The number of amides is 2. The van der Waals surface area contributed by atoms with E-state index in [0.29, 0.717) is 17.4 Å². The van der Waals surface area contributed by atoms with Crippen molar-refractivity contribution >= 4 is 34.4 Å². The second-order valence-electron chi connectivity index (χ2n) is 4.54. The minimum Gasteiger partial charge on any atom is -0.385 e. The van der Waals surface area contributed by atoms with Crippen LogP contribution < -0.4 is 5.73 Å². The molecule has 0 saturated heterocycles. The lowest BCUT2D eigenvalue weighted by molar-refractivity contribution is 0.210. The van der Waals surface area contributed by atoms with E-state index in [1.54, 1.807) is 17.2 Å². The minimum atomic E-state index is -0.373. The average molecular weight is 289 g/mol. The number of benzene rings is 1. The Kier molecular flexibility index (Phi) is 3.06. The van der Waals surface area contributed by atoms with Crippen LogP contribution in [0.1, 0.15) is 18.5 Å². The molecule has 1 aliphatic heterocycles. The van der Waals surface area contributed by atoms with Gasteiger partial charge in [-0.1, -0.05) is 17.7 Å². The molecule has 0 bridgehead atoms. The highest BCUT2D eigenvalue weighted by Gasteiger charge is 2.34. The smallest absolute Gasteiger partial charge is 0.346 e. The highest BCUT2D eigenvalue weighted by Crippen LogP contribution is 2.33. The van der Waals surface area contributed by atoms with Gasteiger partial charge in [-0.05, 0) is 25.1 Å². The van der Waals surface area contributed by atoms with Crippen LogP contribution in [0.3, 0.4) is 0 Å². The van der Waals surface area contributed by atoms with Crippen LogP contribution in [0.15, 0.2) is 35.5 Å². The molecule has 2 N–H and O–H groups in total. The van der Waals surface area contributed by atoms with Crippen LogP contribution in [0.25, 0.3) is 10.9 Å². The largest absolute Gasteiger partial charge is 0.385 e. The van der Waals surface area contributed by atoms with Crippen molar-refractivity contribution in [1.29, 1.82) is 0 Å². The van der Waals surface area contributed by atoms with Crippen molar-refractivity contribution in [1.82, 2.24) is 9.88 Å². The van der Waals surface area contributed by atoms with E-state index in [-0.39, 0.29) is 12.1 Å². The number of pyridine rings is 1. The molecule has 0 spiro atoms. The fraction of sp³-hybridized carbons (Fsp3) is 0.214. The molecule has 3 rings (SSSR count). The van der Waals surface area contributed by atoms with Crippen molar-refractivity contribution in [2.75, 3.05) is 6.54 Å². The van der Waals surface area contributed by atoms with E-state index in [9.17, 15) is 4.79 Å². The van der Waals surface area contributed by atoms with Crippen LogP contribution in [-0.2, 0) is 0 Å². The molecule has 20 heavy (non-hydrogen) atoms. The Balaban J connectivity index is 2.23. The zero-order valence-electron chi connectivity index (χ0n) is 10.9. The summed E-state index contributed by atoms with van der Waals surface area (Å²) in [6.07, 6.45) is 1.70. The number of carbonyl (C=O) groups excluding carboxylic acids is 1. The highest BCUT2D eigenvalue weighted by atomic mass is 35.5. The molecule has 0 radical (unpaired) electrons. The SMILES string of the molecule is CCN1C(=O)N=C(N)C1c1ccc(Cl)c2cccnc12. The number of aliphatic imine (C=N–C) groups is 1. The zero-order chi connectivity index (χ0) is 14.3. The number of aromatic nitrogens is 1. The van der Waals surface area contributed by atoms with Gasteiger partial charge >= 0.3 is 6.03 Å². The second kappa shape index (κ2) is 4.76. The van der Waals surface area contributed by atoms with Crippen LogP contribution in [0.4, 0.5) is 4.79 Å². The van der Waals surface area contributed by atoms with Gasteiger partial charge in [-0.25, -0.2) is 4.79 Å². The minimum absolute atomic E-state index is 0.297. The zero-order valence-corrected chi connectivity index (χ0v) is 11.6. The summed E-state index contributed by atoms with van der Waals surface area (Å²) in [5, 5.41) is 1.47. The lowest BCUT2D eigenvalue weighted by Crippen LogP contribution is -2.33. The van der Waals surface area contributed by atoms with Gasteiger partial charge in [-0.15, -0.1) is 0 Å². The molecule has 6 heteroatoms. The molecule has 0 fully saturated rings. The van der Waals surface area contributed by atoms with Crippen LogP contribution in [-0.4, -0.2) is 28.3 Å². The van der Waals surface area contributed by atoms with Crippen molar-refractivity contribution in [2.45, 2.75) is 13.0 Å². The monoisotopic (exact) mass is 288 g/mol. The Morgan fingerprint density at radius 1 is 1.40 bits per heavy atom. The van der Waals surface area contributed by atoms with Gasteiger partial charge in [0, 0.05) is 28.7 Å². The number of rotatable bonds is 2. The highest BCUT2D eigenvalue weighted by molar-refractivity contribution is 6.35. The summed E-state index contributed by atoms with van der Waals surface area (Å²) in [6, 6.07) is 6.69. The molecule has 102 valence electrons. The standard InChI is InChI=1S/C14H13ClN4O/c1-2-19-12(13(16)18-14(19)20)9-5-6-10(15)8-4-3-7-17-11(8)9/h3-7,12H,2H2,1H3,(H2,16,18,20). The molecule has 0 saturated carbocycles. The first-order valence-corrected chi connectivity index (χ1v) is 6.69. The van der Waals surface area contributed by atoms with E-state index >= 15 is 0 Å². The number of nitrogens with zero attached hydrogens (tertiary/aromatic N) is 3. The number of hydrogen-bond acceptors (Lipinski definition) is 3. The lowest BCUT2D eigenvalue weighted by atomic mass is 10.0. The van der Waals surface area contributed by atoms with Crippen LogP contribution >= 0.6 is 11.6 Å². The Bertz CT molecular complexity index is 728. The van der Waals surface area contributed by atoms with Crippen molar-refractivity contribution in [3.05, 3.63) is 41.0 Å². The number of nitrogens with two attached hydrogens (primary N) is 1. The fourth-order valence-electron chi connectivity index (χ4n) is 2.53. The van der Waals surface area contributed by atoms with E-state index in [1.165, 1.54) is 0 Å². The number of fused-ring (bicyclic) bond motifs is 1. The average Bonchev–Trinajstić information content (AvgIpc) is 2.73. The van der Waals surface area contributed by atoms with E-state index in [4.69, 9.17) is 17.3 Å². The summed E-state index contributed by atoms with van der Waals surface area (Å²) in [5.74, 6) is 0.297. The van der Waals surface area contributed by atoms with Gasteiger partial charge in [0.1, 0.15) is 11.9 Å². The first-order chi connectivity index (χ1) is 9.63. The first kappa shape index (κ1) is 12.9. The van der Waals surface area contributed by atoms with Crippen molar-refractivity contribution in [3.8, 4) is 0 Å². The van der Waals surface area contributed by atoms with Gasteiger partial charge in [-0.2, -0.15) is 4.99 Å². The third kappa shape index (κ3) is 1.82. The predicted octanol–water partition coefficient (Wildman–Crippen LogP) is 2.74. The van der Waals surface area contributed by atoms with Gasteiger partial charge < -0.3 is 10.6 Å². The molecule has 1 aromatic carbocycles. The molecule has 5 nitrogen and oxygen atoms in total. The maximum Gasteiger partial charge on any atom is 0.346 e. The van der Waals surface area contributed by atoms with E-state index in [0.717, 1.165) is 16.5 Å². The summed E-state index contributed by atoms with van der Waals surface area (Å²) >= 11 is 6.19. The molecule has 1 atom stereocenters. The van der Waals surface area contributed by atoms with Crippen LogP contribution in [0.5, 0.6) is 0 Å². The molecule has 0 aliphatic carbocycles. The third-order valence-electron chi connectivity index (χ3n) is 3.45. The second-order valence-corrected chi connectivity index (χ2v) is 4.95. The summed E-state index contributed by atoms with van der Waals surface area (Å²) in [6.45, 7) is 2.43. The number of urea groups is 1. The molecule has 1 aliphatic rings.